The Kier molecular flexibility index (Phi) is 4.19. The summed E-state index contributed by atoms with van der Waals surface area (Å²) >= 11 is 0. The summed E-state index contributed by atoms with van der Waals surface area (Å²) < 4.78 is 5.07. The van der Waals surface area contributed by atoms with Gasteiger partial charge in [0.25, 0.3) is 0 Å². The van der Waals surface area contributed by atoms with Crippen LogP contribution in [0.5, 0.6) is 5.88 Å². The maximum atomic E-state index is 5.91. The van der Waals surface area contributed by atoms with E-state index in [0.717, 1.165) is 19.6 Å². The fraction of sp³-hybridized carbons (Fsp3) is 0.667. The van der Waals surface area contributed by atoms with Gasteiger partial charge < -0.3 is 20.7 Å². The van der Waals surface area contributed by atoms with E-state index in [1.165, 1.54) is 19.2 Å². The third-order valence-corrected chi connectivity index (χ3v) is 3.44. The Morgan fingerprint density at radius 3 is 2.83 bits per heavy atom. The summed E-state index contributed by atoms with van der Waals surface area (Å²) in [6.45, 7) is 3.22. The lowest BCUT2D eigenvalue weighted by Gasteiger charge is -2.29. The minimum Gasteiger partial charge on any atom is -0.479 e. The van der Waals surface area contributed by atoms with Crippen molar-refractivity contribution in [1.29, 1.82) is 0 Å². The van der Waals surface area contributed by atoms with E-state index in [1.807, 2.05) is 0 Å². The number of hydrogen-bond donors (Lipinski definition) is 2. The SMILES string of the molecule is COc1ncnc(NCC2CCN(C)CC2)c1N. The van der Waals surface area contributed by atoms with Crippen molar-refractivity contribution in [2.45, 2.75) is 12.8 Å². The molecule has 0 spiro atoms. The van der Waals surface area contributed by atoms with Gasteiger partial charge >= 0.3 is 0 Å². The number of anilines is 2. The van der Waals surface area contributed by atoms with Crippen LogP contribution in [0.2, 0.25) is 0 Å². The normalized spacial score (nSPS) is 17.7. The Morgan fingerprint density at radius 1 is 1.44 bits per heavy atom. The Morgan fingerprint density at radius 2 is 2.17 bits per heavy atom. The van der Waals surface area contributed by atoms with E-state index in [9.17, 15) is 0 Å². The predicted molar refractivity (Wildman–Crippen MR) is 71.7 cm³/mol. The van der Waals surface area contributed by atoms with E-state index in [4.69, 9.17) is 10.5 Å². The average Bonchev–Trinajstić information content (AvgIpc) is 2.39. The molecule has 6 heteroatoms. The van der Waals surface area contributed by atoms with E-state index in [2.05, 4.69) is 27.2 Å². The molecule has 1 fully saturated rings. The number of likely N-dealkylation sites (tertiary alicyclic amines) is 1. The molecular weight excluding hydrogens is 230 g/mol. The van der Waals surface area contributed by atoms with Crippen molar-refractivity contribution in [3.63, 3.8) is 0 Å². The molecule has 1 aliphatic rings. The molecular formula is C12H21N5O. The summed E-state index contributed by atoms with van der Waals surface area (Å²) in [6, 6.07) is 0. The van der Waals surface area contributed by atoms with Gasteiger partial charge in [0.2, 0.25) is 5.88 Å². The van der Waals surface area contributed by atoms with Gasteiger partial charge in [-0.15, -0.1) is 0 Å². The van der Waals surface area contributed by atoms with Crippen LogP contribution < -0.4 is 15.8 Å². The first kappa shape index (κ1) is 12.9. The van der Waals surface area contributed by atoms with Gasteiger partial charge in [0, 0.05) is 6.54 Å². The van der Waals surface area contributed by atoms with E-state index < -0.39 is 0 Å². The number of hydrogen-bond acceptors (Lipinski definition) is 6. The summed E-state index contributed by atoms with van der Waals surface area (Å²) in [6.07, 6.45) is 3.89. The van der Waals surface area contributed by atoms with Crippen LogP contribution in [0.15, 0.2) is 6.33 Å². The lowest BCUT2D eigenvalue weighted by Crippen LogP contribution is -2.33. The standard InChI is InChI=1S/C12H21N5O/c1-17-5-3-9(4-6-17)7-14-11-10(13)12(18-2)16-8-15-11/h8-9H,3-7,13H2,1-2H3,(H,14,15,16). The minimum absolute atomic E-state index is 0.427. The lowest BCUT2D eigenvalue weighted by molar-refractivity contribution is 0.226. The zero-order valence-electron chi connectivity index (χ0n) is 11.0. The molecule has 1 aromatic rings. The van der Waals surface area contributed by atoms with E-state index >= 15 is 0 Å². The van der Waals surface area contributed by atoms with Gasteiger partial charge in [-0.1, -0.05) is 0 Å². The Labute approximate surface area is 108 Å². The molecule has 0 atom stereocenters. The van der Waals surface area contributed by atoms with Crippen molar-refractivity contribution in [3.05, 3.63) is 6.33 Å². The number of nitrogens with two attached hydrogens (primary N) is 1. The molecule has 0 unspecified atom stereocenters. The lowest BCUT2D eigenvalue weighted by atomic mass is 9.97. The number of ether oxygens (including phenoxy) is 1. The fourth-order valence-corrected chi connectivity index (χ4v) is 2.19. The predicted octanol–water partition coefficient (Wildman–Crippen LogP) is 0.821. The highest BCUT2D eigenvalue weighted by molar-refractivity contribution is 5.66. The third kappa shape index (κ3) is 3.01. The largest absolute Gasteiger partial charge is 0.479 e. The van der Waals surface area contributed by atoms with Crippen LogP contribution in [0.1, 0.15) is 12.8 Å². The molecule has 0 bridgehead atoms. The Balaban J connectivity index is 1.90. The van der Waals surface area contributed by atoms with Crippen molar-refractivity contribution in [2.24, 2.45) is 5.92 Å². The number of nitrogen functional groups attached to an aromatic ring is 1. The van der Waals surface area contributed by atoms with Crippen LogP contribution in [-0.2, 0) is 0 Å². The van der Waals surface area contributed by atoms with Crippen molar-refractivity contribution in [1.82, 2.24) is 14.9 Å². The van der Waals surface area contributed by atoms with E-state index in [1.54, 1.807) is 7.11 Å². The second-order valence-corrected chi connectivity index (χ2v) is 4.77. The first-order valence-corrected chi connectivity index (χ1v) is 6.27. The van der Waals surface area contributed by atoms with Crippen molar-refractivity contribution in [3.8, 4) is 5.88 Å². The van der Waals surface area contributed by atoms with Crippen molar-refractivity contribution in [2.75, 3.05) is 44.8 Å². The highest BCUT2D eigenvalue weighted by Gasteiger charge is 2.17. The highest BCUT2D eigenvalue weighted by Crippen LogP contribution is 2.25. The molecule has 6 nitrogen and oxygen atoms in total. The van der Waals surface area contributed by atoms with Gasteiger partial charge in [0.05, 0.1) is 7.11 Å². The zero-order valence-corrected chi connectivity index (χ0v) is 11.0. The third-order valence-electron chi connectivity index (χ3n) is 3.44. The van der Waals surface area contributed by atoms with Crippen molar-refractivity contribution >= 4 is 11.5 Å². The number of nitrogens with zero attached hydrogens (tertiary/aromatic N) is 3. The van der Waals surface area contributed by atoms with Crippen LogP contribution in [-0.4, -0.2) is 48.7 Å². The molecule has 1 aromatic heterocycles. The number of methoxy groups -OCH3 is 1. The van der Waals surface area contributed by atoms with Gasteiger partial charge in [0.1, 0.15) is 12.0 Å². The Hall–Kier alpha value is -1.56. The molecule has 1 saturated heterocycles. The van der Waals surface area contributed by atoms with Crippen LogP contribution >= 0.6 is 0 Å². The fourth-order valence-electron chi connectivity index (χ4n) is 2.19. The number of piperidine rings is 1. The van der Waals surface area contributed by atoms with Crippen LogP contribution in [0, 0.1) is 5.92 Å². The number of nitrogens with one attached hydrogen (secondary N) is 1. The molecule has 2 heterocycles. The first-order chi connectivity index (χ1) is 8.70. The second-order valence-electron chi connectivity index (χ2n) is 4.77. The van der Waals surface area contributed by atoms with Gasteiger partial charge in [-0.25, -0.2) is 4.98 Å². The molecule has 0 amide bonds. The quantitative estimate of drug-likeness (QED) is 0.825. The summed E-state index contributed by atoms with van der Waals surface area (Å²) in [5.74, 6) is 1.78. The minimum atomic E-state index is 0.427. The average molecular weight is 251 g/mol. The highest BCUT2D eigenvalue weighted by atomic mass is 16.5. The summed E-state index contributed by atoms with van der Waals surface area (Å²) in [5.41, 5.74) is 6.39. The molecule has 18 heavy (non-hydrogen) atoms. The molecule has 3 N–H and O–H groups in total. The molecule has 0 aliphatic carbocycles. The monoisotopic (exact) mass is 251 g/mol. The van der Waals surface area contributed by atoms with Crippen LogP contribution in [0.3, 0.4) is 0 Å². The molecule has 2 rings (SSSR count). The van der Waals surface area contributed by atoms with Crippen LogP contribution in [0.4, 0.5) is 11.5 Å². The maximum Gasteiger partial charge on any atom is 0.242 e. The van der Waals surface area contributed by atoms with Gasteiger partial charge in [-0.2, -0.15) is 4.98 Å². The van der Waals surface area contributed by atoms with Crippen molar-refractivity contribution < 1.29 is 4.74 Å². The van der Waals surface area contributed by atoms with Crippen LogP contribution in [0.25, 0.3) is 0 Å². The smallest absolute Gasteiger partial charge is 0.242 e. The van der Waals surface area contributed by atoms with Gasteiger partial charge in [0.15, 0.2) is 5.82 Å². The number of rotatable bonds is 4. The summed E-state index contributed by atoms with van der Waals surface area (Å²) in [4.78, 5) is 10.5. The first-order valence-electron chi connectivity index (χ1n) is 6.27. The second kappa shape index (κ2) is 5.86. The molecule has 100 valence electrons. The maximum absolute atomic E-state index is 5.91. The molecule has 0 saturated carbocycles. The van der Waals surface area contributed by atoms with E-state index in [-0.39, 0.29) is 0 Å². The zero-order chi connectivity index (χ0) is 13.0. The molecule has 0 aromatic carbocycles. The summed E-state index contributed by atoms with van der Waals surface area (Å²) in [7, 11) is 3.72. The van der Waals surface area contributed by atoms with Gasteiger partial charge in [-0.05, 0) is 38.9 Å². The molecule has 0 radical (unpaired) electrons. The Bertz CT molecular complexity index is 390. The number of aromatic nitrogens is 2. The van der Waals surface area contributed by atoms with Gasteiger partial charge in [-0.3, -0.25) is 0 Å². The summed E-state index contributed by atoms with van der Waals surface area (Å²) in [5, 5.41) is 3.30. The van der Waals surface area contributed by atoms with E-state index in [0.29, 0.717) is 23.3 Å². The topological polar surface area (TPSA) is 76.3 Å². The molecule has 1 aliphatic heterocycles.